The highest BCUT2D eigenvalue weighted by molar-refractivity contribution is 7.91. The minimum Gasteiger partial charge on any atom is -0.318 e. The van der Waals surface area contributed by atoms with Gasteiger partial charge in [0, 0.05) is 18.5 Å². The van der Waals surface area contributed by atoms with Crippen LogP contribution < -0.4 is 16.1 Å². The van der Waals surface area contributed by atoms with Crippen molar-refractivity contribution in [2.24, 2.45) is 0 Å². The molecule has 2 N–H and O–H groups in total. The zero-order valence-corrected chi connectivity index (χ0v) is 13.5. The van der Waals surface area contributed by atoms with Gasteiger partial charge in [-0.1, -0.05) is 0 Å². The van der Waals surface area contributed by atoms with Gasteiger partial charge in [0.25, 0.3) is 11.2 Å². The Morgan fingerprint density at radius 2 is 1.84 bits per heavy atom. The molecule has 2 aromatic heterocycles. The van der Waals surface area contributed by atoms with Gasteiger partial charge in [-0.15, -0.1) is 0 Å². The van der Waals surface area contributed by atoms with Gasteiger partial charge >= 0.3 is 5.69 Å². The summed E-state index contributed by atoms with van der Waals surface area (Å²) in [7, 11) is -3.89. The zero-order chi connectivity index (χ0) is 18.4. The molecule has 1 aromatic carbocycles. The summed E-state index contributed by atoms with van der Waals surface area (Å²) in [5, 5.41) is 11.2. The molecule has 0 aliphatic heterocycles. The smallest absolute Gasteiger partial charge is 0.318 e. The van der Waals surface area contributed by atoms with E-state index < -0.39 is 26.2 Å². The summed E-state index contributed by atoms with van der Waals surface area (Å²) in [6, 6.07) is 5.55. The number of nitro groups is 1. The Morgan fingerprint density at radius 1 is 1.20 bits per heavy atom. The number of nitrogens with zero attached hydrogens (tertiary/aromatic N) is 3. The molecule has 12 heteroatoms. The summed E-state index contributed by atoms with van der Waals surface area (Å²) in [6.45, 7) is 0. The molecular formula is C13H11N5O6S. The second-order valence-corrected chi connectivity index (χ2v) is 6.90. The van der Waals surface area contributed by atoms with Gasteiger partial charge in [0.2, 0.25) is 10.0 Å². The molecule has 0 spiro atoms. The number of sulfonamides is 1. The van der Waals surface area contributed by atoms with Crippen LogP contribution in [0.2, 0.25) is 0 Å². The average molecular weight is 365 g/mol. The fourth-order valence-corrected chi connectivity index (χ4v) is 2.84. The van der Waals surface area contributed by atoms with Gasteiger partial charge in [-0.3, -0.25) is 14.9 Å². The van der Waals surface area contributed by atoms with Gasteiger partial charge in [0.05, 0.1) is 22.1 Å². The van der Waals surface area contributed by atoms with Gasteiger partial charge in [-0.25, -0.2) is 18.0 Å². The lowest BCUT2D eigenvalue weighted by atomic mass is 10.2. The Labute approximate surface area is 139 Å². The molecule has 11 nitrogen and oxygen atoms in total. The molecule has 0 aliphatic rings. The Balaban J connectivity index is 2.39. The van der Waals surface area contributed by atoms with Crippen molar-refractivity contribution >= 4 is 26.6 Å². The molecule has 3 aromatic rings. The second kappa shape index (κ2) is 5.59. The van der Waals surface area contributed by atoms with Crippen molar-refractivity contribution in [2.45, 2.75) is 0 Å². The van der Waals surface area contributed by atoms with Crippen LogP contribution in [0.5, 0.6) is 0 Å². The molecular weight excluding hydrogens is 354 g/mol. The van der Waals surface area contributed by atoms with Crippen molar-refractivity contribution in [3.8, 4) is 5.69 Å². The van der Waals surface area contributed by atoms with E-state index in [1.807, 2.05) is 0 Å². The first-order valence-electron chi connectivity index (χ1n) is 6.76. The molecule has 0 atom stereocenters. The lowest BCUT2D eigenvalue weighted by molar-refractivity contribution is -0.384. The highest BCUT2D eigenvalue weighted by Gasteiger charge is 2.20. The third-order valence-corrected chi connectivity index (χ3v) is 3.84. The summed E-state index contributed by atoms with van der Waals surface area (Å²) in [5.74, 6) is 0. The van der Waals surface area contributed by atoms with Gasteiger partial charge in [0.1, 0.15) is 5.69 Å². The fraction of sp³-hybridized carbons (Fsp3) is 0.0769. The molecule has 0 saturated carbocycles. The molecule has 2 heterocycles. The van der Waals surface area contributed by atoms with Crippen molar-refractivity contribution in [1.29, 1.82) is 0 Å². The number of aromatic amines is 1. The molecule has 0 bridgehead atoms. The predicted octanol–water partition coefficient (Wildman–Crippen LogP) is -0.108. The van der Waals surface area contributed by atoms with E-state index in [-0.39, 0.29) is 22.3 Å². The predicted molar refractivity (Wildman–Crippen MR) is 89.0 cm³/mol. The normalized spacial score (nSPS) is 11.6. The topological polar surface area (TPSA) is 149 Å². The van der Waals surface area contributed by atoms with Gasteiger partial charge in [0.15, 0.2) is 0 Å². The van der Waals surface area contributed by atoms with E-state index in [1.54, 1.807) is 29.4 Å². The zero-order valence-electron chi connectivity index (χ0n) is 12.7. The van der Waals surface area contributed by atoms with Gasteiger partial charge in [-0.05, 0) is 18.2 Å². The largest absolute Gasteiger partial charge is 0.348 e. The van der Waals surface area contributed by atoms with E-state index in [2.05, 4.69) is 4.98 Å². The number of H-pyrrole nitrogens is 1. The molecule has 25 heavy (non-hydrogen) atoms. The van der Waals surface area contributed by atoms with Gasteiger partial charge in [-0.2, -0.15) is 4.68 Å². The Hall–Kier alpha value is -3.41. The quantitative estimate of drug-likeness (QED) is 0.487. The third-order valence-electron chi connectivity index (χ3n) is 3.33. The molecule has 130 valence electrons. The Kier molecular flexibility index (Phi) is 3.68. The monoisotopic (exact) mass is 365 g/mol. The summed E-state index contributed by atoms with van der Waals surface area (Å²) in [6.07, 6.45) is 3.88. The molecule has 0 saturated heterocycles. The van der Waals surface area contributed by atoms with E-state index in [9.17, 15) is 28.1 Å². The van der Waals surface area contributed by atoms with Crippen molar-refractivity contribution < 1.29 is 13.3 Å². The van der Waals surface area contributed by atoms with Crippen molar-refractivity contribution in [2.75, 3.05) is 11.1 Å². The Morgan fingerprint density at radius 3 is 2.40 bits per heavy atom. The third kappa shape index (κ3) is 3.01. The maximum absolute atomic E-state index is 12.5. The maximum atomic E-state index is 12.5. The van der Waals surface area contributed by atoms with Gasteiger partial charge < -0.3 is 9.55 Å². The molecule has 0 amide bonds. The summed E-state index contributed by atoms with van der Waals surface area (Å²) < 4.78 is 24.4. The van der Waals surface area contributed by atoms with E-state index in [4.69, 9.17) is 0 Å². The molecule has 3 rings (SSSR count). The van der Waals surface area contributed by atoms with Crippen LogP contribution in [0.25, 0.3) is 16.6 Å². The second-order valence-electron chi connectivity index (χ2n) is 5.17. The van der Waals surface area contributed by atoms with E-state index in [1.165, 1.54) is 10.6 Å². The minimum absolute atomic E-state index is 0.0795. The lowest BCUT2D eigenvalue weighted by Crippen LogP contribution is -2.43. The van der Waals surface area contributed by atoms with Crippen LogP contribution in [-0.4, -0.2) is 33.8 Å². The first-order chi connectivity index (χ1) is 11.7. The van der Waals surface area contributed by atoms with Crippen LogP contribution in [0.15, 0.2) is 46.2 Å². The summed E-state index contributed by atoms with van der Waals surface area (Å²) in [4.78, 5) is 39.1. The Bertz CT molecular complexity index is 1210. The first kappa shape index (κ1) is 16.4. The number of nitro benzene ring substituents is 1. The van der Waals surface area contributed by atoms with E-state index in [0.29, 0.717) is 4.68 Å². The summed E-state index contributed by atoms with van der Waals surface area (Å²) >= 11 is 0. The first-order valence-corrected chi connectivity index (χ1v) is 8.65. The summed E-state index contributed by atoms with van der Waals surface area (Å²) in [5.41, 5.74) is -2.33. The van der Waals surface area contributed by atoms with Crippen LogP contribution in [0.3, 0.4) is 0 Å². The molecule has 0 unspecified atom stereocenters. The van der Waals surface area contributed by atoms with Crippen LogP contribution in [-0.2, 0) is 10.0 Å². The number of rotatable bonds is 4. The number of hydrogen-bond acceptors (Lipinski definition) is 6. The minimum atomic E-state index is -3.89. The van der Waals surface area contributed by atoms with Crippen molar-refractivity contribution in [3.63, 3.8) is 0 Å². The lowest BCUT2D eigenvalue weighted by Gasteiger charge is -2.09. The SMILES string of the molecule is CS(=O)(=O)Nn1c(=O)[nH]c2cc([N+](=O)[O-])c(-n3cccc3)cc2c1=O. The molecule has 0 aliphatic carbocycles. The average Bonchev–Trinajstić information content (AvgIpc) is 3.03. The van der Waals surface area contributed by atoms with Crippen LogP contribution >= 0.6 is 0 Å². The van der Waals surface area contributed by atoms with Crippen molar-refractivity contribution in [3.05, 3.63) is 67.6 Å². The highest BCUT2D eigenvalue weighted by Crippen LogP contribution is 2.26. The number of fused-ring (bicyclic) bond motifs is 1. The number of hydrogen-bond donors (Lipinski definition) is 2. The van der Waals surface area contributed by atoms with E-state index in [0.717, 1.165) is 12.3 Å². The van der Waals surface area contributed by atoms with Crippen LogP contribution in [0, 0.1) is 10.1 Å². The maximum Gasteiger partial charge on any atom is 0.348 e. The fourth-order valence-electron chi connectivity index (χ4n) is 2.34. The van der Waals surface area contributed by atoms with Crippen molar-refractivity contribution in [1.82, 2.24) is 14.2 Å². The molecule has 0 fully saturated rings. The number of benzene rings is 1. The van der Waals surface area contributed by atoms with Crippen LogP contribution in [0.4, 0.5) is 5.69 Å². The standard InChI is InChI=1S/C13H11N5O6S/c1-25(23,24)15-17-12(19)8-6-10(16-4-2-3-5-16)11(18(21)22)7-9(8)14-13(17)20/h2-7,15H,1H3,(H,14,20). The number of nitrogens with one attached hydrogen (secondary N) is 2. The van der Waals surface area contributed by atoms with E-state index >= 15 is 0 Å². The number of aromatic nitrogens is 3. The van der Waals surface area contributed by atoms with Crippen LogP contribution in [0.1, 0.15) is 0 Å². The highest BCUT2D eigenvalue weighted by atomic mass is 32.2. The molecule has 0 radical (unpaired) electrons.